The number of nitrogens with one attached hydrogen (secondary N) is 2. The topological polar surface area (TPSA) is 103 Å². The molecular weight excluding hydrogens is 316 g/mol. The molecule has 0 bridgehead atoms. The maximum Gasteiger partial charge on any atom is 0.239 e. The van der Waals surface area contributed by atoms with Crippen molar-refractivity contribution < 1.29 is 28.6 Å². The van der Waals surface area contributed by atoms with E-state index in [0.717, 1.165) is 0 Å². The van der Waals surface area contributed by atoms with Crippen LogP contribution in [0.25, 0.3) is 0 Å². The molecule has 0 radical (unpaired) electrons. The van der Waals surface area contributed by atoms with E-state index in [0.29, 0.717) is 26.4 Å². The number of carbonyl (C=O) groups is 3. The summed E-state index contributed by atoms with van der Waals surface area (Å²) in [5, 5.41) is 5.10. The summed E-state index contributed by atoms with van der Waals surface area (Å²) in [6.07, 6.45) is 0.194. The van der Waals surface area contributed by atoms with Crippen molar-refractivity contribution >= 4 is 17.6 Å². The number of hydrogen-bond acceptors (Lipinski definition) is 6. The van der Waals surface area contributed by atoms with Gasteiger partial charge >= 0.3 is 0 Å². The summed E-state index contributed by atoms with van der Waals surface area (Å²) in [7, 11) is 0. The lowest BCUT2D eigenvalue weighted by molar-refractivity contribution is -0.127. The number of Topliss-reactive ketones (excluding diaryl/α,β-unsaturated/α-hetero) is 1. The zero-order valence-corrected chi connectivity index (χ0v) is 14.9. The highest BCUT2D eigenvalue weighted by Crippen LogP contribution is 1.93. The van der Waals surface area contributed by atoms with Gasteiger partial charge < -0.3 is 24.8 Å². The maximum atomic E-state index is 11.5. The van der Waals surface area contributed by atoms with Crippen molar-refractivity contribution in [3.05, 3.63) is 0 Å². The monoisotopic (exact) mass is 346 g/mol. The highest BCUT2D eigenvalue weighted by molar-refractivity contribution is 5.84. The molecule has 0 aliphatic carbocycles. The molecule has 0 saturated heterocycles. The molecule has 0 aliphatic heterocycles. The Balaban J connectivity index is 3.47. The van der Waals surface area contributed by atoms with E-state index in [1.807, 2.05) is 6.92 Å². The van der Waals surface area contributed by atoms with Crippen LogP contribution in [0.4, 0.5) is 0 Å². The smallest absolute Gasteiger partial charge is 0.239 e. The van der Waals surface area contributed by atoms with Crippen LogP contribution in [0.1, 0.15) is 27.2 Å². The number of amides is 2. The molecule has 0 aliphatic rings. The normalized spacial score (nSPS) is 10.7. The van der Waals surface area contributed by atoms with Gasteiger partial charge in [0.15, 0.2) is 5.78 Å². The van der Waals surface area contributed by atoms with Crippen molar-refractivity contribution in [2.75, 3.05) is 52.7 Å². The molecule has 0 atom stereocenters. The van der Waals surface area contributed by atoms with Gasteiger partial charge in [0.2, 0.25) is 11.8 Å². The van der Waals surface area contributed by atoms with Crippen LogP contribution in [0.2, 0.25) is 0 Å². The third-order valence-electron chi connectivity index (χ3n) is 2.95. The standard InChI is InChI=1S/C16H30N2O6/c1-4-22-9-10-23-7-5-15(20)18-11-16(21)17-6-8-24-12-14(19)13(2)3/h13H,4-12H2,1-3H3,(H,17,21)(H,18,20). The number of ketones is 1. The Labute approximate surface area is 143 Å². The second-order valence-electron chi connectivity index (χ2n) is 5.36. The molecule has 140 valence electrons. The molecule has 0 heterocycles. The van der Waals surface area contributed by atoms with E-state index < -0.39 is 0 Å². The number of hydrogen-bond donors (Lipinski definition) is 2. The van der Waals surface area contributed by atoms with Gasteiger partial charge in [-0.15, -0.1) is 0 Å². The number of rotatable bonds is 15. The molecule has 8 nitrogen and oxygen atoms in total. The van der Waals surface area contributed by atoms with Gasteiger partial charge in [0.05, 0.1) is 33.0 Å². The summed E-state index contributed by atoms with van der Waals surface area (Å²) in [5.74, 6) is -0.588. The van der Waals surface area contributed by atoms with Gasteiger partial charge in [-0.2, -0.15) is 0 Å². The van der Waals surface area contributed by atoms with Crippen LogP contribution in [-0.2, 0) is 28.6 Å². The Hall–Kier alpha value is -1.51. The lowest BCUT2D eigenvalue weighted by atomic mass is 10.1. The minimum absolute atomic E-state index is 0.0251. The number of ether oxygens (including phenoxy) is 3. The van der Waals surface area contributed by atoms with Gasteiger partial charge in [-0.1, -0.05) is 13.8 Å². The van der Waals surface area contributed by atoms with Crippen LogP contribution in [0.15, 0.2) is 0 Å². The first-order valence-electron chi connectivity index (χ1n) is 8.26. The Morgan fingerprint density at radius 2 is 1.58 bits per heavy atom. The molecule has 0 unspecified atom stereocenters. The molecular formula is C16H30N2O6. The molecule has 24 heavy (non-hydrogen) atoms. The van der Waals surface area contributed by atoms with Crippen molar-refractivity contribution in [1.82, 2.24) is 10.6 Å². The van der Waals surface area contributed by atoms with E-state index in [4.69, 9.17) is 14.2 Å². The molecule has 0 spiro atoms. The van der Waals surface area contributed by atoms with Crippen LogP contribution in [0, 0.1) is 5.92 Å². The highest BCUT2D eigenvalue weighted by Gasteiger charge is 2.07. The van der Waals surface area contributed by atoms with Crippen LogP contribution in [-0.4, -0.2) is 70.3 Å². The summed E-state index contributed by atoms with van der Waals surface area (Å²) in [6, 6.07) is 0. The molecule has 0 fully saturated rings. The summed E-state index contributed by atoms with van der Waals surface area (Å²) in [4.78, 5) is 34.3. The first kappa shape index (κ1) is 22.5. The predicted octanol–water partition coefficient (Wildman–Crippen LogP) is -0.0963. The fourth-order valence-corrected chi connectivity index (χ4v) is 1.46. The zero-order chi connectivity index (χ0) is 18.2. The average Bonchev–Trinajstić information content (AvgIpc) is 2.55. The molecule has 0 aromatic rings. The Kier molecular flexibility index (Phi) is 14.1. The van der Waals surface area contributed by atoms with E-state index in [9.17, 15) is 14.4 Å². The van der Waals surface area contributed by atoms with Crippen molar-refractivity contribution in [3.8, 4) is 0 Å². The number of carbonyl (C=O) groups excluding carboxylic acids is 3. The predicted molar refractivity (Wildman–Crippen MR) is 88.6 cm³/mol. The molecule has 0 rings (SSSR count). The third-order valence-corrected chi connectivity index (χ3v) is 2.95. The van der Waals surface area contributed by atoms with Crippen molar-refractivity contribution in [1.29, 1.82) is 0 Å². The van der Waals surface area contributed by atoms with Crippen molar-refractivity contribution in [2.24, 2.45) is 5.92 Å². The quantitative estimate of drug-likeness (QED) is 0.402. The second kappa shape index (κ2) is 15.0. The first-order chi connectivity index (χ1) is 11.5. The van der Waals surface area contributed by atoms with Gasteiger partial charge in [0.1, 0.15) is 6.61 Å². The van der Waals surface area contributed by atoms with E-state index in [2.05, 4.69) is 10.6 Å². The van der Waals surface area contributed by atoms with Gasteiger partial charge in [0, 0.05) is 25.5 Å². The lowest BCUT2D eigenvalue weighted by Crippen LogP contribution is -2.38. The molecule has 0 aromatic heterocycles. The summed E-state index contributed by atoms with van der Waals surface area (Å²) >= 11 is 0. The minimum Gasteiger partial charge on any atom is -0.379 e. The van der Waals surface area contributed by atoms with E-state index in [1.54, 1.807) is 13.8 Å². The van der Waals surface area contributed by atoms with Crippen LogP contribution >= 0.6 is 0 Å². The maximum absolute atomic E-state index is 11.5. The van der Waals surface area contributed by atoms with Gasteiger partial charge in [-0.25, -0.2) is 0 Å². The van der Waals surface area contributed by atoms with Gasteiger partial charge in [-0.3, -0.25) is 14.4 Å². The molecule has 2 amide bonds. The van der Waals surface area contributed by atoms with Gasteiger partial charge in [0.25, 0.3) is 0 Å². The summed E-state index contributed by atoms with van der Waals surface area (Å²) in [6.45, 7) is 7.89. The second-order valence-corrected chi connectivity index (χ2v) is 5.36. The minimum atomic E-state index is -0.306. The molecule has 0 saturated carbocycles. The Morgan fingerprint density at radius 1 is 0.875 bits per heavy atom. The van der Waals surface area contributed by atoms with Crippen LogP contribution in [0.5, 0.6) is 0 Å². The van der Waals surface area contributed by atoms with E-state index in [-0.39, 0.29) is 56.3 Å². The SMILES string of the molecule is CCOCCOCCC(=O)NCC(=O)NCCOCC(=O)C(C)C. The zero-order valence-electron chi connectivity index (χ0n) is 14.9. The van der Waals surface area contributed by atoms with Gasteiger partial charge in [-0.05, 0) is 6.92 Å². The molecule has 2 N–H and O–H groups in total. The Morgan fingerprint density at radius 3 is 2.25 bits per heavy atom. The van der Waals surface area contributed by atoms with Crippen LogP contribution < -0.4 is 10.6 Å². The fraction of sp³-hybridized carbons (Fsp3) is 0.812. The summed E-state index contributed by atoms with van der Waals surface area (Å²) in [5.41, 5.74) is 0. The average molecular weight is 346 g/mol. The summed E-state index contributed by atoms with van der Waals surface area (Å²) < 4.78 is 15.4. The van der Waals surface area contributed by atoms with E-state index >= 15 is 0 Å². The van der Waals surface area contributed by atoms with Crippen molar-refractivity contribution in [3.63, 3.8) is 0 Å². The van der Waals surface area contributed by atoms with E-state index in [1.165, 1.54) is 0 Å². The first-order valence-corrected chi connectivity index (χ1v) is 8.26. The lowest BCUT2D eigenvalue weighted by Gasteiger charge is -2.08. The Bertz CT molecular complexity index is 374. The highest BCUT2D eigenvalue weighted by atomic mass is 16.5. The fourth-order valence-electron chi connectivity index (χ4n) is 1.46. The van der Waals surface area contributed by atoms with Crippen LogP contribution in [0.3, 0.4) is 0 Å². The van der Waals surface area contributed by atoms with Crippen molar-refractivity contribution in [2.45, 2.75) is 27.2 Å². The third kappa shape index (κ3) is 14.1. The molecule has 0 aromatic carbocycles. The largest absolute Gasteiger partial charge is 0.379 e. The molecule has 8 heteroatoms.